The normalized spacial score (nSPS) is 14.3. The molecule has 0 bridgehead atoms. The lowest BCUT2D eigenvalue weighted by molar-refractivity contribution is 0.410. The van der Waals surface area contributed by atoms with Crippen LogP contribution in [-0.4, -0.2) is 38.8 Å². The number of sulfonamides is 1. The van der Waals surface area contributed by atoms with Crippen molar-refractivity contribution in [3.63, 3.8) is 0 Å². The molecule has 1 heterocycles. The first kappa shape index (κ1) is 19.5. The number of aryl methyl sites for hydroxylation is 2. The number of amidine groups is 1. The SMILES string of the molecule is COc1cc(S(=O)(=O)N2CCN=C2Cc2cccc3ccccc23)c(C)cc1C. The van der Waals surface area contributed by atoms with Gasteiger partial charge in [-0.2, -0.15) is 0 Å². The molecule has 0 spiro atoms. The summed E-state index contributed by atoms with van der Waals surface area (Å²) in [4.78, 5) is 4.80. The highest BCUT2D eigenvalue weighted by atomic mass is 32.2. The molecule has 0 fully saturated rings. The van der Waals surface area contributed by atoms with Gasteiger partial charge >= 0.3 is 0 Å². The minimum atomic E-state index is -3.72. The van der Waals surface area contributed by atoms with E-state index in [9.17, 15) is 8.42 Å². The zero-order chi connectivity index (χ0) is 20.6. The van der Waals surface area contributed by atoms with E-state index in [0.29, 0.717) is 36.7 Å². The molecule has 150 valence electrons. The van der Waals surface area contributed by atoms with Crippen LogP contribution in [0, 0.1) is 13.8 Å². The van der Waals surface area contributed by atoms with Crippen molar-refractivity contribution in [2.45, 2.75) is 25.2 Å². The number of nitrogens with zero attached hydrogens (tertiary/aromatic N) is 2. The van der Waals surface area contributed by atoms with Crippen molar-refractivity contribution in [3.05, 3.63) is 71.3 Å². The van der Waals surface area contributed by atoms with Crippen LogP contribution in [0.15, 0.2) is 64.5 Å². The van der Waals surface area contributed by atoms with Crippen LogP contribution in [0.1, 0.15) is 16.7 Å². The van der Waals surface area contributed by atoms with E-state index in [1.165, 1.54) is 4.31 Å². The number of aliphatic imine (C=N–C) groups is 1. The molecule has 0 saturated heterocycles. The number of benzene rings is 3. The molecule has 0 aromatic heterocycles. The second-order valence-electron chi connectivity index (χ2n) is 7.28. The predicted octanol–water partition coefficient (Wildman–Crippen LogP) is 4.11. The molecule has 0 radical (unpaired) electrons. The third-order valence-corrected chi connectivity index (χ3v) is 7.34. The summed E-state index contributed by atoms with van der Waals surface area (Å²) in [5.41, 5.74) is 2.69. The maximum Gasteiger partial charge on any atom is 0.265 e. The van der Waals surface area contributed by atoms with E-state index in [1.807, 2.05) is 44.2 Å². The fourth-order valence-corrected chi connectivity index (χ4v) is 5.61. The number of hydrogen-bond donors (Lipinski definition) is 0. The molecule has 0 N–H and O–H groups in total. The standard InChI is InChI=1S/C23H24N2O3S/c1-16-13-17(2)22(15-21(16)28-3)29(26,27)25-12-11-24-23(25)14-19-9-6-8-18-7-4-5-10-20(18)19/h4-10,13,15H,11-12,14H2,1-3H3. The van der Waals surface area contributed by atoms with E-state index in [2.05, 4.69) is 23.2 Å². The lowest BCUT2D eigenvalue weighted by Gasteiger charge is -2.22. The Bertz CT molecular complexity index is 1210. The number of methoxy groups -OCH3 is 1. The van der Waals surface area contributed by atoms with Crippen LogP contribution in [0.3, 0.4) is 0 Å². The Balaban J connectivity index is 1.71. The summed E-state index contributed by atoms with van der Waals surface area (Å²) in [5, 5.41) is 2.26. The van der Waals surface area contributed by atoms with Crippen LogP contribution in [0.2, 0.25) is 0 Å². The molecular formula is C23H24N2O3S. The minimum absolute atomic E-state index is 0.271. The van der Waals surface area contributed by atoms with Gasteiger partial charge in [0.2, 0.25) is 0 Å². The van der Waals surface area contributed by atoms with Crippen LogP contribution >= 0.6 is 0 Å². The van der Waals surface area contributed by atoms with Gasteiger partial charge in [-0.3, -0.25) is 9.30 Å². The van der Waals surface area contributed by atoms with Gasteiger partial charge in [0.15, 0.2) is 0 Å². The van der Waals surface area contributed by atoms with Crippen LogP contribution in [0.25, 0.3) is 10.8 Å². The first-order chi connectivity index (χ1) is 13.9. The molecule has 29 heavy (non-hydrogen) atoms. The molecular weight excluding hydrogens is 384 g/mol. The van der Waals surface area contributed by atoms with Gasteiger partial charge in [-0.15, -0.1) is 0 Å². The van der Waals surface area contributed by atoms with Crippen molar-refractivity contribution in [2.24, 2.45) is 4.99 Å². The Morgan fingerprint density at radius 1 is 1.03 bits per heavy atom. The first-order valence-electron chi connectivity index (χ1n) is 9.60. The fraction of sp³-hybridized carbons (Fsp3) is 0.261. The quantitative estimate of drug-likeness (QED) is 0.638. The highest BCUT2D eigenvalue weighted by Crippen LogP contribution is 2.30. The Morgan fingerprint density at radius 3 is 2.59 bits per heavy atom. The average molecular weight is 409 g/mol. The highest BCUT2D eigenvalue weighted by molar-refractivity contribution is 7.89. The molecule has 6 heteroatoms. The summed E-state index contributed by atoms with van der Waals surface area (Å²) in [6, 6.07) is 17.7. The van der Waals surface area contributed by atoms with E-state index in [-0.39, 0.29) is 4.90 Å². The van der Waals surface area contributed by atoms with Crippen LogP contribution < -0.4 is 4.74 Å². The number of hydrogen-bond acceptors (Lipinski definition) is 4. The van der Waals surface area contributed by atoms with E-state index in [4.69, 9.17) is 4.74 Å². The molecule has 0 atom stereocenters. The zero-order valence-electron chi connectivity index (χ0n) is 16.8. The lowest BCUT2D eigenvalue weighted by Crippen LogP contribution is -2.35. The summed E-state index contributed by atoms with van der Waals surface area (Å²) in [7, 11) is -2.17. The van der Waals surface area contributed by atoms with Crippen molar-refractivity contribution in [3.8, 4) is 5.75 Å². The van der Waals surface area contributed by atoms with E-state index in [1.54, 1.807) is 13.2 Å². The maximum absolute atomic E-state index is 13.5. The number of rotatable bonds is 5. The molecule has 0 unspecified atom stereocenters. The smallest absolute Gasteiger partial charge is 0.265 e. The molecule has 1 aliphatic rings. The topological polar surface area (TPSA) is 59.0 Å². The Hall–Kier alpha value is -2.86. The molecule has 0 saturated carbocycles. The average Bonchev–Trinajstić information content (AvgIpc) is 3.17. The van der Waals surface area contributed by atoms with Crippen molar-refractivity contribution < 1.29 is 13.2 Å². The van der Waals surface area contributed by atoms with Crippen LogP contribution in [0.5, 0.6) is 5.75 Å². The van der Waals surface area contributed by atoms with Gasteiger partial charge < -0.3 is 4.74 Å². The second kappa shape index (κ2) is 7.52. The Morgan fingerprint density at radius 2 is 1.79 bits per heavy atom. The largest absolute Gasteiger partial charge is 0.496 e. The van der Waals surface area contributed by atoms with Gasteiger partial charge in [0.05, 0.1) is 25.1 Å². The molecule has 4 rings (SSSR count). The Kier molecular flexibility index (Phi) is 5.04. The van der Waals surface area contributed by atoms with Crippen molar-refractivity contribution in [1.29, 1.82) is 0 Å². The van der Waals surface area contributed by atoms with Crippen LogP contribution in [-0.2, 0) is 16.4 Å². The molecule has 0 aliphatic carbocycles. The zero-order valence-corrected chi connectivity index (χ0v) is 17.7. The van der Waals surface area contributed by atoms with E-state index < -0.39 is 10.0 Å². The van der Waals surface area contributed by atoms with Gasteiger partial charge in [0.1, 0.15) is 11.6 Å². The van der Waals surface area contributed by atoms with E-state index >= 15 is 0 Å². The first-order valence-corrected chi connectivity index (χ1v) is 11.0. The van der Waals surface area contributed by atoms with Gasteiger partial charge in [0.25, 0.3) is 10.0 Å². The van der Waals surface area contributed by atoms with Gasteiger partial charge in [-0.25, -0.2) is 8.42 Å². The summed E-state index contributed by atoms with van der Waals surface area (Å²) in [6.45, 7) is 4.56. The Labute approximate surface area is 171 Å². The summed E-state index contributed by atoms with van der Waals surface area (Å²) in [5.74, 6) is 1.15. The minimum Gasteiger partial charge on any atom is -0.496 e. The highest BCUT2D eigenvalue weighted by Gasteiger charge is 2.32. The molecule has 3 aromatic carbocycles. The second-order valence-corrected chi connectivity index (χ2v) is 9.11. The number of fused-ring (bicyclic) bond motifs is 1. The molecule has 1 aliphatic heterocycles. The van der Waals surface area contributed by atoms with Crippen molar-refractivity contribution in [2.75, 3.05) is 20.2 Å². The summed E-state index contributed by atoms with van der Waals surface area (Å²) in [6.07, 6.45) is 0.475. The molecule has 0 amide bonds. The number of ether oxygens (including phenoxy) is 1. The van der Waals surface area contributed by atoms with Gasteiger partial charge in [-0.1, -0.05) is 48.5 Å². The maximum atomic E-state index is 13.5. The van der Waals surface area contributed by atoms with Gasteiger partial charge in [-0.05, 0) is 41.3 Å². The monoisotopic (exact) mass is 408 g/mol. The fourth-order valence-electron chi connectivity index (χ4n) is 3.93. The molecule has 5 nitrogen and oxygen atoms in total. The van der Waals surface area contributed by atoms with Gasteiger partial charge in [0, 0.05) is 12.5 Å². The predicted molar refractivity (Wildman–Crippen MR) is 116 cm³/mol. The van der Waals surface area contributed by atoms with E-state index in [0.717, 1.165) is 21.9 Å². The lowest BCUT2D eigenvalue weighted by atomic mass is 10.0. The third-order valence-electron chi connectivity index (χ3n) is 5.37. The van der Waals surface area contributed by atoms with Crippen LogP contribution in [0.4, 0.5) is 0 Å². The third kappa shape index (κ3) is 3.49. The molecule has 3 aromatic rings. The van der Waals surface area contributed by atoms with Crippen molar-refractivity contribution >= 4 is 26.6 Å². The van der Waals surface area contributed by atoms with Crippen molar-refractivity contribution in [1.82, 2.24) is 4.31 Å². The summed E-state index contributed by atoms with van der Waals surface area (Å²) < 4.78 is 33.8. The summed E-state index contributed by atoms with van der Waals surface area (Å²) >= 11 is 0.